The van der Waals surface area contributed by atoms with Crippen molar-refractivity contribution in [2.24, 2.45) is 0 Å². The Bertz CT molecular complexity index is 688. The Balaban J connectivity index is 1.80. The highest BCUT2D eigenvalue weighted by molar-refractivity contribution is 8.13. The molecule has 19 heavy (non-hydrogen) atoms. The average Bonchev–Trinajstić information content (AvgIpc) is 2.81. The molecule has 1 fully saturated rings. The molecule has 0 aromatic carbocycles. The molecule has 8 heteroatoms. The van der Waals surface area contributed by atoms with Gasteiger partial charge in [-0.3, -0.25) is 4.68 Å². The smallest absolute Gasteiger partial charge is 0.238 e. The molecule has 1 aliphatic rings. The van der Waals surface area contributed by atoms with Crippen LogP contribution in [0.25, 0.3) is 11.3 Å². The minimum Gasteiger partial charge on any atom is -0.356 e. The third-order valence-corrected chi connectivity index (χ3v) is 4.18. The van der Waals surface area contributed by atoms with Crippen molar-refractivity contribution in [3.8, 4) is 11.3 Å². The highest BCUT2D eigenvalue weighted by Crippen LogP contribution is 2.32. The Morgan fingerprint density at radius 3 is 2.89 bits per heavy atom. The standard InChI is InChI=1S/C11H12ClN3O3S/c12-19(16,17)7-9-4-11(18-14-9)8-5-13-15(6-8)10-2-1-3-10/h4-6,10H,1-3,7H2. The molecule has 6 nitrogen and oxygen atoms in total. The Kier molecular flexibility index (Phi) is 3.10. The molecular formula is C11H12ClN3O3S. The van der Waals surface area contributed by atoms with Crippen LogP contribution in [0.5, 0.6) is 0 Å². The third kappa shape index (κ3) is 2.82. The molecular weight excluding hydrogens is 290 g/mol. The fourth-order valence-electron chi connectivity index (χ4n) is 2.01. The fraction of sp³-hybridized carbons (Fsp3) is 0.455. The first-order valence-electron chi connectivity index (χ1n) is 5.94. The van der Waals surface area contributed by atoms with Crippen molar-refractivity contribution < 1.29 is 12.9 Å². The van der Waals surface area contributed by atoms with Crippen LogP contribution in [0, 0.1) is 0 Å². The van der Waals surface area contributed by atoms with Crippen LogP contribution in [0.1, 0.15) is 31.0 Å². The molecule has 102 valence electrons. The van der Waals surface area contributed by atoms with E-state index in [-0.39, 0.29) is 5.75 Å². The summed E-state index contributed by atoms with van der Waals surface area (Å²) in [5, 5.41) is 7.97. The predicted octanol–water partition coefficient (Wildman–Crippen LogP) is 2.33. The quantitative estimate of drug-likeness (QED) is 0.810. The highest BCUT2D eigenvalue weighted by Gasteiger charge is 2.21. The van der Waals surface area contributed by atoms with Crippen molar-refractivity contribution in [1.29, 1.82) is 0 Å². The second-order valence-corrected chi connectivity index (χ2v) is 7.44. The van der Waals surface area contributed by atoms with Crippen LogP contribution < -0.4 is 0 Å². The molecule has 0 spiro atoms. The lowest BCUT2D eigenvalue weighted by molar-refractivity contribution is 0.289. The van der Waals surface area contributed by atoms with Crippen molar-refractivity contribution in [2.75, 3.05) is 0 Å². The lowest BCUT2D eigenvalue weighted by Gasteiger charge is -2.25. The SMILES string of the molecule is O=S(=O)(Cl)Cc1cc(-c2cnn(C3CCC3)c2)on1. The largest absolute Gasteiger partial charge is 0.356 e. The zero-order valence-electron chi connectivity index (χ0n) is 9.99. The Hall–Kier alpha value is -1.34. The van der Waals surface area contributed by atoms with E-state index in [1.165, 1.54) is 6.42 Å². The third-order valence-electron chi connectivity index (χ3n) is 3.21. The summed E-state index contributed by atoms with van der Waals surface area (Å²) in [6.45, 7) is 0. The van der Waals surface area contributed by atoms with Gasteiger partial charge in [0.25, 0.3) is 0 Å². The predicted molar refractivity (Wildman–Crippen MR) is 69.1 cm³/mol. The zero-order chi connectivity index (χ0) is 13.5. The highest BCUT2D eigenvalue weighted by atomic mass is 35.7. The van der Waals surface area contributed by atoms with Gasteiger partial charge in [0, 0.05) is 22.9 Å². The Morgan fingerprint density at radius 2 is 2.26 bits per heavy atom. The second kappa shape index (κ2) is 4.64. The van der Waals surface area contributed by atoms with Crippen LogP contribution >= 0.6 is 10.7 Å². The van der Waals surface area contributed by atoms with Gasteiger partial charge in [-0.25, -0.2) is 8.42 Å². The minimum atomic E-state index is -3.62. The van der Waals surface area contributed by atoms with E-state index in [0.29, 0.717) is 17.5 Å². The molecule has 2 aromatic heterocycles. The first-order chi connectivity index (χ1) is 9.01. The van der Waals surface area contributed by atoms with Crippen molar-refractivity contribution in [3.05, 3.63) is 24.2 Å². The van der Waals surface area contributed by atoms with E-state index in [2.05, 4.69) is 10.3 Å². The van der Waals surface area contributed by atoms with Gasteiger partial charge in [0.05, 0.1) is 17.8 Å². The van der Waals surface area contributed by atoms with Gasteiger partial charge in [-0.05, 0) is 19.3 Å². The second-order valence-electron chi connectivity index (χ2n) is 4.66. The Morgan fingerprint density at radius 1 is 1.47 bits per heavy atom. The van der Waals surface area contributed by atoms with E-state index in [1.807, 2.05) is 10.9 Å². The summed E-state index contributed by atoms with van der Waals surface area (Å²) in [6.07, 6.45) is 7.11. The van der Waals surface area contributed by atoms with Gasteiger partial charge in [0.15, 0.2) is 5.76 Å². The fourth-order valence-corrected chi connectivity index (χ4v) is 2.83. The van der Waals surface area contributed by atoms with Crippen LogP contribution in [0.4, 0.5) is 0 Å². The van der Waals surface area contributed by atoms with Crippen molar-refractivity contribution in [2.45, 2.75) is 31.1 Å². The van der Waals surface area contributed by atoms with E-state index in [9.17, 15) is 8.42 Å². The number of halogens is 1. The van der Waals surface area contributed by atoms with E-state index in [4.69, 9.17) is 15.2 Å². The molecule has 1 saturated carbocycles. The summed E-state index contributed by atoms with van der Waals surface area (Å²) in [7, 11) is 1.55. The van der Waals surface area contributed by atoms with Gasteiger partial charge < -0.3 is 4.52 Å². The van der Waals surface area contributed by atoms with Crippen LogP contribution in [0.2, 0.25) is 0 Å². The van der Waals surface area contributed by atoms with Crippen LogP contribution in [-0.2, 0) is 14.8 Å². The summed E-state index contributed by atoms with van der Waals surface area (Å²) in [4.78, 5) is 0. The maximum absolute atomic E-state index is 11.0. The monoisotopic (exact) mass is 301 g/mol. The summed E-state index contributed by atoms with van der Waals surface area (Å²) in [5.41, 5.74) is 1.08. The number of nitrogens with zero attached hydrogens (tertiary/aromatic N) is 3. The van der Waals surface area contributed by atoms with Gasteiger partial charge in [-0.2, -0.15) is 5.10 Å². The van der Waals surface area contributed by atoms with E-state index >= 15 is 0 Å². The molecule has 2 heterocycles. The normalized spacial score (nSPS) is 16.5. The molecule has 0 aliphatic heterocycles. The van der Waals surface area contributed by atoms with Crippen molar-refractivity contribution in [1.82, 2.24) is 14.9 Å². The first kappa shape index (κ1) is 12.7. The molecule has 0 atom stereocenters. The number of hydrogen-bond donors (Lipinski definition) is 0. The van der Waals surface area contributed by atoms with Crippen LogP contribution in [-0.4, -0.2) is 23.4 Å². The summed E-state index contributed by atoms with van der Waals surface area (Å²) < 4.78 is 28.9. The maximum atomic E-state index is 11.0. The number of hydrogen-bond acceptors (Lipinski definition) is 5. The summed E-state index contributed by atoms with van der Waals surface area (Å²) in [6, 6.07) is 2.04. The van der Waals surface area contributed by atoms with Crippen LogP contribution in [0.15, 0.2) is 23.0 Å². The van der Waals surface area contributed by atoms with Gasteiger partial charge in [0.1, 0.15) is 11.4 Å². The molecule has 0 amide bonds. The Labute approximate surface area is 114 Å². The van der Waals surface area contributed by atoms with E-state index in [0.717, 1.165) is 18.4 Å². The van der Waals surface area contributed by atoms with Crippen molar-refractivity contribution in [3.63, 3.8) is 0 Å². The molecule has 0 radical (unpaired) electrons. The molecule has 2 aromatic rings. The number of rotatable bonds is 4. The average molecular weight is 302 g/mol. The van der Waals surface area contributed by atoms with E-state index < -0.39 is 9.05 Å². The molecule has 0 saturated heterocycles. The molecule has 0 bridgehead atoms. The van der Waals surface area contributed by atoms with Crippen LogP contribution in [0.3, 0.4) is 0 Å². The molecule has 0 N–H and O–H groups in total. The lowest BCUT2D eigenvalue weighted by Crippen LogP contribution is -2.16. The van der Waals surface area contributed by atoms with E-state index in [1.54, 1.807) is 12.3 Å². The minimum absolute atomic E-state index is 0.293. The van der Waals surface area contributed by atoms with Gasteiger partial charge in [0.2, 0.25) is 9.05 Å². The first-order valence-corrected chi connectivity index (χ1v) is 8.41. The lowest BCUT2D eigenvalue weighted by atomic mass is 9.93. The van der Waals surface area contributed by atoms with Gasteiger partial charge in [-0.15, -0.1) is 0 Å². The van der Waals surface area contributed by atoms with Gasteiger partial charge in [-0.1, -0.05) is 5.16 Å². The number of aromatic nitrogens is 3. The summed E-state index contributed by atoms with van der Waals surface area (Å²) >= 11 is 0. The molecule has 0 unspecified atom stereocenters. The zero-order valence-corrected chi connectivity index (χ0v) is 11.6. The molecule has 1 aliphatic carbocycles. The maximum Gasteiger partial charge on any atom is 0.238 e. The topological polar surface area (TPSA) is 78.0 Å². The molecule has 3 rings (SSSR count). The summed E-state index contributed by atoms with van der Waals surface area (Å²) in [5.74, 6) is 0.162. The van der Waals surface area contributed by atoms with Crippen molar-refractivity contribution >= 4 is 19.7 Å². The van der Waals surface area contributed by atoms with Gasteiger partial charge >= 0.3 is 0 Å².